The molecular formula is C16H18F2N2S. The van der Waals surface area contributed by atoms with Gasteiger partial charge in [-0.05, 0) is 43.7 Å². The summed E-state index contributed by atoms with van der Waals surface area (Å²) in [4.78, 5) is 6.63. The first-order chi connectivity index (χ1) is 10.2. The Hall–Kier alpha value is -1.49. The standard InChI is InChI=1S/C16H18F2N2S/c17-14-4-1-5-15(18)13(14)7-6-12-3-2-9-20(11-12)16-19-8-10-21-16/h1,4-5,8,10,12H,2-3,6-7,9,11H2. The molecule has 0 N–H and O–H groups in total. The van der Waals surface area contributed by atoms with Crippen LogP contribution < -0.4 is 4.90 Å². The first kappa shape index (κ1) is 14.4. The Kier molecular flexibility index (Phi) is 4.48. The third-order valence-corrected chi connectivity index (χ3v) is 4.91. The van der Waals surface area contributed by atoms with E-state index in [-0.39, 0.29) is 5.56 Å². The Morgan fingerprint density at radius 1 is 1.29 bits per heavy atom. The molecular weight excluding hydrogens is 290 g/mol. The molecule has 0 aliphatic carbocycles. The van der Waals surface area contributed by atoms with E-state index in [1.165, 1.54) is 18.2 Å². The molecule has 2 aromatic rings. The number of anilines is 1. The van der Waals surface area contributed by atoms with Crippen molar-refractivity contribution in [2.45, 2.75) is 25.7 Å². The van der Waals surface area contributed by atoms with Gasteiger partial charge in [0.05, 0.1) is 0 Å². The van der Waals surface area contributed by atoms with Crippen molar-refractivity contribution in [3.05, 3.63) is 47.0 Å². The number of aromatic nitrogens is 1. The number of piperidine rings is 1. The normalized spacial score (nSPS) is 19.0. The third-order valence-electron chi connectivity index (χ3n) is 4.07. The van der Waals surface area contributed by atoms with Crippen molar-refractivity contribution in [3.63, 3.8) is 0 Å². The second-order valence-electron chi connectivity index (χ2n) is 5.51. The fraction of sp³-hybridized carbons (Fsp3) is 0.438. The van der Waals surface area contributed by atoms with E-state index in [0.29, 0.717) is 12.3 Å². The molecule has 1 aromatic heterocycles. The van der Waals surface area contributed by atoms with Crippen molar-refractivity contribution in [3.8, 4) is 0 Å². The van der Waals surface area contributed by atoms with Crippen LogP contribution in [0.4, 0.5) is 13.9 Å². The summed E-state index contributed by atoms with van der Waals surface area (Å²) in [5, 5.41) is 3.03. The van der Waals surface area contributed by atoms with E-state index in [9.17, 15) is 8.78 Å². The van der Waals surface area contributed by atoms with Crippen LogP contribution in [0, 0.1) is 17.6 Å². The van der Waals surface area contributed by atoms with E-state index in [2.05, 4.69) is 9.88 Å². The molecule has 0 radical (unpaired) electrons. The monoisotopic (exact) mass is 308 g/mol. The Morgan fingerprint density at radius 2 is 2.10 bits per heavy atom. The van der Waals surface area contributed by atoms with E-state index in [4.69, 9.17) is 0 Å². The summed E-state index contributed by atoms with van der Waals surface area (Å²) < 4.78 is 27.3. The highest BCUT2D eigenvalue weighted by atomic mass is 32.1. The summed E-state index contributed by atoms with van der Waals surface area (Å²) in [7, 11) is 0. The second-order valence-corrected chi connectivity index (χ2v) is 6.38. The molecule has 0 spiro atoms. The molecule has 1 saturated heterocycles. The summed E-state index contributed by atoms with van der Waals surface area (Å²) in [6.45, 7) is 1.96. The molecule has 1 atom stereocenters. The molecule has 0 amide bonds. The van der Waals surface area contributed by atoms with Crippen molar-refractivity contribution >= 4 is 16.5 Å². The molecule has 1 aliphatic heterocycles. The lowest BCUT2D eigenvalue weighted by molar-refractivity contribution is 0.386. The molecule has 5 heteroatoms. The van der Waals surface area contributed by atoms with Crippen LogP contribution in [0.1, 0.15) is 24.8 Å². The maximum Gasteiger partial charge on any atom is 0.185 e. The first-order valence-electron chi connectivity index (χ1n) is 7.31. The molecule has 2 heterocycles. The Balaban J connectivity index is 1.60. The quantitative estimate of drug-likeness (QED) is 0.838. The lowest BCUT2D eigenvalue weighted by atomic mass is 9.91. The SMILES string of the molecule is Fc1cccc(F)c1CCC1CCCN(c2nccs2)C1. The Labute approximate surface area is 127 Å². The van der Waals surface area contributed by atoms with Gasteiger partial charge in [-0.15, -0.1) is 11.3 Å². The maximum absolute atomic E-state index is 13.6. The number of nitrogens with zero attached hydrogens (tertiary/aromatic N) is 2. The number of rotatable bonds is 4. The van der Waals surface area contributed by atoms with Gasteiger partial charge in [0.2, 0.25) is 0 Å². The highest BCUT2D eigenvalue weighted by molar-refractivity contribution is 7.13. The van der Waals surface area contributed by atoms with Crippen LogP contribution in [-0.4, -0.2) is 18.1 Å². The smallest absolute Gasteiger partial charge is 0.185 e. The van der Waals surface area contributed by atoms with Gasteiger partial charge in [0.15, 0.2) is 5.13 Å². The zero-order valence-electron chi connectivity index (χ0n) is 11.8. The van der Waals surface area contributed by atoms with Crippen LogP contribution in [0.3, 0.4) is 0 Å². The van der Waals surface area contributed by atoms with Crippen LogP contribution in [-0.2, 0) is 6.42 Å². The zero-order valence-corrected chi connectivity index (χ0v) is 12.6. The largest absolute Gasteiger partial charge is 0.348 e. The molecule has 0 saturated carbocycles. The minimum atomic E-state index is -0.428. The van der Waals surface area contributed by atoms with Crippen LogP contribution in [0.25, 0.3) is 0 Å². The third kappa shape index (κ3) is 3.40. The molecule has 112 valence electrons. The fourth-order valence-corrected chi connectivity index (χ4v) is 3.65. The summed E-state index contributed by atoms with van der Waals surface area (Å²) in [6, 6.07) is 4.08. The molecule has 1 aliphatic rings. The van der Waals surface area contributed by atoms with E-state index >= 15 is 0 Å². The van der Waals surface area contributed by atoms with Crippen LogP contribution >= 0.6 is 11.3 Å². The van der Waals surface area contributed by atoms with Crippen molar-refractivity contribution in [2.24, 2.45) is 5.92 Å². The van der Waals surface area contributed by atoms with Gasteiger partial charge in [0.1, 0.15) is 11.6 Å². The minimum Gasteiger partial charge on any atom is -0.348 e. The lowest BCUT2D eigenvalue weighted by Crippen LogP contribution is -2.35. The topological polar surface area (TPSA) is 16.1 Å². The number of hydrogen-bond donors (Lipinski definition) is 0. The van der Waals surface area contributed by atoms with Gasteiger partial charge in [-0.25, -0.2) is 13.8 Å². The molecule has 3 rings (SSSR count). The van der Waals surface area contributed by atoms with Crippen LogP contribution in [0.5, 0.6) is 0 Å². The van der Waals surface area contributed by atoms with Gasteiger partial charge >= 0.3 is 0 Å². The molecule has 0 bridgehead atoms. The van der Waals surface area contributed by atoms with Gasteiger partial charge in [-0.1, -0.05) is 6.07 Å². The van der Waals surface area contributed by atoms with Crippen molar-refractivity contribution in [1.82, 2.24) is 4.98 Å². The Morgan fingerprint density at radius 3 is 2.81 bits per heavy atom. The van der Waals surface area contributed by atoms with E-state index in [1.807, 2.05) is 11.6 Å². The first-order valence-corrected chi connectivity index (χ1v) is 8.19. The van der Waals surface area contributed by atoms with Gasteiger partial charge < -0.3 is 4.90 Å². The zero-order chi connectivity index (χ0) is 14.7. The van der Waals surface area contributed by atoms with E-state index in [1.54, 1.807) is 11.3 Å². The summed E-state index contributed by atoms with van der Waals surface area (Å²) in [5.74, 6) is -0.383. The van der Waals surface area contributed by atoms with Crippen LogP contribution in [0.15, 0.2) is 29.8 Å². The average molecular weight is 308 g/mol. The summed E-state index contributed by atoms with van der Waals surface area (Å²) in [6.07, 6.45) is 5.34. The van der Waals surface area contributed by atoms with Crippen molar-refractivity contribution < 1.29 is 8.78 Å². The molecule has 21 heavy (non-hydrogen) atoms. The summed E-state index contributed by atoms with van der Waals surface area (Å²) >= 11 is 1.65. The number of thiazole rings is 1. The summed E-state index contributed by atoms with van der Waals surface area (Å²) in [5.41, 5.74) is 0.226. The van der Waals surface area contributed by atoms with E-state index in [0.717, 1.165) is 37.5 Å². The number of hydrogen-bond acceptors (Lipinski definition) is 3. The van der Waals surface area contributed by atoms with E-state index < -0.39 is 11.6 Å². The Bertz CT molecular complexity index is 566. The van der Waals surface area contributed by atoms with Gasteiger partial charge in [-0.3, -0.25) is 0 Å². The van der Waals surface area contributed by atoms with Gasteiger partial charge in [0, 0.05) is 30.2 Å². The number of benzene rings is 1. The molecule has 1 fully saturated rings. The molecule has 1 aromatic carbocycles. The second kappa shape index (κ2) is 6.52. The van der Waals surface area contributed by atoms with Crippen molar-refractivity contribution in [2.75, 3.05) is 18.0 Å². The van der Waals surface area contributed by atoms with Gasteiger partial charge in [0.25, 0.3) is 0 Å². The maximum atomic E-state index is 13.6. The van der Waals surface area contributed by atoms with Crippen molar-refractivity contribution in [1.29, 1.82) is 0 Å². The minimum absolute atomic E-state index is 0.226. The predicted octanol–water partition coefficient (Wildman–Crippen LogP) is 4.27. The fourth-order valence-electron chi connectivity index (χ4n) is 2.97. The van der Waals surface area contributed by atoms with Crippen LogP contribution in [0.2, 0.25) is 0 Å². The molecule has 1 unspecified atom stereocenters. The van der Waals surface area contributed by atoms with Gasteiger partial charge in [-0.2, -0.15) is 0 Å². The predicted molar refractivity (Wildman–Crippen MR) is 81.7 cm³/mol. The highest BCUT2D eigenvalue weighted by Crippen LogP contribution is 2.27. The lowest BCUT2D eigenvalue weighted by Gasteiger charge is -2.32. The average Bonchev–Trinajstić information content (AvgIpc) is 3.01. The molecule has 2 nitrogen and oxygen atoms in total. The number of halogens is 2. The highest BCUT2D eigenvalue weighted by Gasteiger charge is 2.22.